The molecule has 2 N–H and O–H groups in total. The van der Waals surface area contributed by atoms with Crippen molar-refractivity contribution in [3.63, 3.8) is 0 Å². The molecule has 96 valence electrons. The molecule has 1 aromatic carbocycles. The molecule has 1 unspecified atom stereocenters. The molecule has 1 aromatic rings. The predicted molar refractivity (Wildman–Crippen MR) is 71.5 cm³/mol. The van der Waals surface area contributed by atoms with Crippen LogP contribution >= 0.6 is 23.2 Å². The third-order valence-corrected chi connectivity index (χ3v) is 2.92. The molecule has 0 saturated heterocycles. The van der Waals surface area contributed by atoms with E-state index in [1.165, 1.54) is 0 Å². The summed E-state index contributed by atoms with van der Waals surface area (Å²) >= 11 is 11.9. The quantitative estimate of drug-likeness (QED) is 0.816. The summed E-state index contributed by atoms with van der Waals surface area (Å²) in [6.45, 7) is 2.03. The van der Waals surface area contributed by atoms with Gasteiger partial charge in [0.05, 0.1) is 12.6 Å². The van der Waals surface area contributed by atoms with Crippen LogP contribution in [0.3, 0.4) is 0 Å². The average molecular weight is 286 g/mol. The van der Waals surface area contributed by atoms with Gasteiger partial charge in [0.15, 0.2) is 0 Å². The van der Waals surface area contributed by atoms with Crippen LogP contribution in [-0.4, -0.2) is 19.0 Å². The van der Waals surface area contributed by atoms with Crippen LogP contribution in [0.25, 0.3) is 0 Å². The maximum Gasteiger partial charge on any atom is 0.234 e. The number of hydrogen-bond acceptors (Lipinski definition) is 3. The van der Waals surface area contributed by atoms with Crippen molar-refractivity contribution >= 4 is 29.1 Å². The number of nitrogens with zero attached hydrogens (tertiary/aromatic N) is 1. The lowest BCUT2D eigenvalue weighted by molar-refractivity contribution is -0.120. The molecule has 18 heavy (non-hydrogen) atoms. The van der Waals surface area contributed by atoms with Crippen molar-refractivity contribution in [1.29, 1.82) is 5.26 Å². The summed E-state index contributed by atoms with van der Waals surface area (Å²) in [6, 6.07) is 6.98. The summed E-state index contributed by atoms with van der Waals surface area (Å²) in [4.78, 5) is 11.3. The number of carbonyl (C=O) groups is 1. The minimum atomic E-state index is -0.228. The molecule has 1 amide bonds. The van der Waals surface area contributed by atoms with Crippen LogP contribution in [0, 0.1) is 11.3 Å². The topological polar surface area (TPSA) is 64.9 Å². The standard InChI is InChI=1S/C12H13Cl2N3O/c1-8(17-7-12(18)16-5-4-15)10-3-2-9(13)6-11(10)14/h2-3,6,8,17H,5,7H2,1H3,(H,16,18). The molecule has 0 saturated carbocycles. The molecule has 6 heteroatoms. The fourth-order valence-electron chi connectivity index (χ4n) is 1.41. The summed E-state index contributed by atoms with van der Waals surface area (Å²) in [5.41, 5.74) is 0.870. The van der Waals surface area contributed by atoms with Crippen molar-refractivity contribution < 1.29 is 4.79 Å². The van der Waals surface area contributed by atoms with Crippen molar-refractivity contribution in [3.8, 4) is 6.07 Å². The fourth-order valence-corrected chi connectivity index (χ4v) is 1.98. The van der Waals surface area contributed by atoms with Crippen LogP contribution in [0.2, 0.25) is 10.0 Å². The van der Waals surface area contributed by atoms with Crippen LogP contribution in [-0.2, 0) is 4.79 Å². The van der Waals surface area contributed by atoms with E-state index >= 15 is 0 Å². The van der Waals surface area contributed by atoms with E-state index in [9.17, 15) is 4.79 Å². The molecule has 0 fully saturated rings. The lowest BCUT2D eigenvalue weighted by Crippen LogP contribution is -2.35. The predicted octanol–water partition coefficient (Wildman–Crippen LogP) is 2.28. The monoisotopic (exact) mass is 285 g/mol. The molecule has 0 aromatic heterocycles. The van der Waals surface area contributed by atoms with Crippen molar-refractivity contribution in [2.24, 2.45) is 0 Å². The molecule has 1 rings (SSSR count). The van der Waals surface area contributed by atoms with Crippen LogP contribution in [0.4, 0.5) is 0 Å². The van der Waals surface area contributed by atoms with Gasteiger partial charge in [0.25, 0.3) is 0 Å². The number of rotatable bonds is 5. The molecule has 0 aliphatic rings. The summed E-state index contributed by atoms with van der Waals surface area (Å²) in [6.07, 6.45) is 0. The molecule has 0 radical (unpaired) electrons. The van der Waals surface area contributed by atoms with E-state index in [0.29, 0.717) is 10.0 Å². The highest BCUT2D eigenvalue weighted by Gasteiger charge is 2.11. The fraction of sp³-hybridized carbons (Fsp3) is 0.333. The van der Waals surface area contributed by atoms with E-state index in [-0.39, 0.29) is 25.0 Å². The van der Waals surface area contributed by atoms with E-state index < -0.39 is 0 Å². The summed E-state index contributed by atoms with van der Waals surface area (Å²) in [5, 5.41) is 14.9. The Hall–Kier alpha value is -1.28. The second-order valence-electron chi connectivity index (χ2n) is 3.70. The largest absolute Gasteiger partial charge is 0.342 e. The van der Waals surface area contributed by atoms with Gasteiger partial charge >= 0.3 is 0 Å². The third kappa shape index (κ3) is 4.53. The van der Waals surface area contributed by atoms with E-state index in [0.717, 1.165) is 5.56 Å². The van der Waals surface area contributed by atoms with Crippen LogP contribution in [0.5, 0.6) is 0 Å². The van der Waals surface area contributed by atoms with Gasteiger partial charge in [-0.15, -0.1) is 0 Å². The zero-order valence-electron chi connectivity index (χ0n) is 9.84. The SMILES string of the molecule is CC(NCC(=O)NCC#N)c1ccc(Cl)cc1Cl. The summed E-state index contributed by atoms with van der Waals surface area (Å²) in [5.74, 6) is -0.228. The Morgan fingerprint density at radius 1 is 1.50 bits per heavy atom. The number of amides is 1. The maximum absolute atomic E-state index is 11.3. The zero-order chi connectivity index (χ0) is 13.5. The van der Waals surface area contributed by atoms with E-state index in [1.807, 2.05) is 19.1 Å². The van der Waals surface area contributed by atoms with Gasteiger partial charge in [-0.25, -0.2) is 0 Å². The molecule has 0 heterocycles. The normalized spacial score (nSPS) is 11.7. The van der Waals surface area contributed by atoms with Gasteiger partial charge in [-0.3, -0.25) is 4.79 Å². The highest BCUT2D eigenvalue weighted by molar-refractivity contribution is 6.35. The summed E-state index contributed by atoms with van der Waals surface area (Å²) < 4.78 is 0. The van der Waals surface area contributed by atoms with Crippen LogP contribution < -0.4 is 10.6 Å². The van der Waals surface area contributed by atoms with E-state index in [1.54, 1.807) is 12.1 Å². The minimum Gasteiger partial charge on any atom is -0.342 e. The molecule has 0 bridgehead atoms. The molecular weight excluding hydrogens is 273 g/mol. The Labute approximate surface area is 116 Å². The second kappa shape index (κ2) is 7.22. The van der Waals surface area contributed by atoms with E-state index in [2.05, 4.69) is 10.6 Å². The number of carbonyl (C=O) groups excluding carboxylic acids is 1. The molecule has 4 nitrogen and oxygen atoms in total. The Morgan fingerprint density at radius 3 is 2.83 bits per heavy atom. The highest BCUT2D eigenvalue weighted by Crippen LogP contribution is 2.25. The van der Waals surface area contributed by atoms with Crippen molar-refractivity contribution in [2.45, 2.75) is 13.0 Å². The first-order chi connectivity index (χ1) is 8.54. The summed E-state index contributed by atoms with van der Waals surface area (Å²) in [7, 11) is 0. The number of benzene rings is 1. The van der Waals surface area contributed by atoms with Gasteiger partial charge < -0.3 is 10.6 Å². The van der Waals surface area contributed by atoms with Crippen LogP contribution in [0.1, 0.15) is 18.5 Å². The zero-order valence-corrected chi connectivity index (χ0v) is 11.3. The Morgan fingerprint density at radius 2 is 2.22 bits per heavy atom. The first kappa shape index (κ1) is 14.8. The minimum absolute atomic E-state index is 0.0105. The van der Waals surface area contributed by atoms with Crippen LogP contribution in [0.15, 0.2) is 18.2 Å². The molecular formula is C12H13Cl2N3O. The molecule has 0 spiro atoms. The Bertz CT molecular complexity index is 471. The number of hydrogen-bond donors (Lipinski definition) is 2. The first-order valence-corrected chi connectivity index (χ1v) is 6.12. The lowest BCUT2D eigenvalue weighted by atomic mass is 10.1. The Balaban J connectivity index is 2.53. The second-order valence-corrected chi connectivity index (χ2v) is 4.55. The Kier molecular flexibility index (Phi) is 5.93. The van der Waals surface area contributed by atoms with E-state index in [4.69, 9.17) is 28.5 Å². The smallest absolute Gasteiger partial charge is 0.234 e. The number of halogens is 2. The van der Waals surface area contributed by atoms with Crippen molar-refractivity contribution in [1.82, 2.24) is 10.6 Å². The average Bonchev–Trinajstić information content (AvgIpc) is 2.33. The first-order valence-electron chi connectivity index (χ1n) is 5.36. The van der Waals surface area contributed by atoms with Crippen molar-refractivity contribution in [2.75, 3.05) is 13.1 Å². The molecule has 0 aliphatic heterocycles. The third-order valence-electron chi connectivity index (χ3n) is 2.36. The van der Waals surface area contributed by atoms with Gasteiger partial charge in [-0.1, -0.05) is 29.3 Å². The van der Waals surface area contributed by atoms with Crippen molar-refractivity contribution in [3.05, 3.63) is 33.8 Å². The van der Waals surface area contributed by atoms with Gasteiger partial charge in [0.2, 0.25) is 5.91 Å². The highest BCUT2D eigenvalue weighted by atomic mass is 35.5. The maximum atomic E-state index is 11.3. The number of nitriles is 1. The van der Waals surface area contributed by atoms with Gasteiger partial charge in [-0.2, -0.15) is 5.26 Å². The number of nitrogens with one attached hydrogen (secondary N) is 2. The molecule has 0 aliphatic carbocycles. The van der Waals surface area contributed by atoms with Gasteiger partial charge in [0.1, 0.15) is 6.54 Å². The van der Waals surface area contributed by atoms with Gasteiger partial charge in [0, 0.05) is 16.1 Å². The van der Waals surface area contributed by atoms with Gasteiger partial charge in [-0.05, 0) is 24.6 Å². The molecule has 1 atom stereocenters. The lowest BCUT2D eigenvalue weighted by Gasteiger charge is -2.15.